The number of benzene rings is 9. The molecule has 0 saturated heterocycles. The van der Waals surface area contributed by atoms with Gasteiger partial charge in [-0.1, -0.05) is 203 Å². The van der Waals surface area contributed by atoms with Gasteiger partial charge in [0.25, 0.3) is 0 Å². The molecule has 344 valence electrons. The number of hydrogen-bond acceptors (Lipinski definition) is 4. The van der Waals surface area contributed by atoms with E-state index in [1.54, 1.807) is 0 Å². The van der Waals surface area contributed by atoms with Crippen molar-refractivity contribution in [1.82, 2.24) is 19.5 Å². The third kappa shape index (κ3) is 7.80. The van der Waals surface area contributed by atoms with Crippen LogP contribution in [0.1, 0.15) is 58.2 Å². The van der Waals surface area contributed by atoms with Gasteiger partial charge in [0.2, 0.25) is 0 Å². The molecular formula is C66H54N4O. The molecule has 0 radical (unpaired) electrons. The van der Waals surface area contributed by atoms with Crippen LogP contribution >= 0.6 is 0 Å². The van der Waals surface area contributed by atoms with Crippen molar-refractivity contribution < 1.29 is 4.42 Å². The van der Waals surface area contributed by atoms with Gasteiger partial charge in [-0.2, -0.15) is 0 Å². The maximum absolute atomic E-state index is 6.33. The predicted octanol–water partition coefficient (Wildman–Crippen LogP) is 18.2. The summed E-state index contributed by atoms with van der Waals surface area (Å²) in [5, 5.41) is 6.91. The van der Waals surface area contributed by atoms with Crippen LogP contribution in [0.15, 0.2) is 216 Å². The average Bonchev–Trinajstić information content (AvgIpc) is 4.11. The highest BCUT2D eigenvalue weighted by Crippen LogP contribution is 2.45. The highest BCUT2D eigenvalue weighted by atomic mass is 16.3. The second-order valence-corrected chi connectivity index (χ2v) is 17.5. The summed E-state index contributed by atoms with van der Waals surface area (Å²) in [6.45, 7) is 12.4. The second kappa shape index (κ2) is 19.0. The summed E-state index contributed by atoms with van der Waals surface area (Å²) in [6, 6.07) is 71.1. The summed E-state index contributed by atoms with van der Waals surface area (Å²) in [7, 11) is 0. The number of rotatable bonds is 7. The Morgan fingerprint density at radius 3 is 1.87 bits per heavy atom. The number of nitrogens with zero attached hydrogens (tertiary/aromatic N) is 4. The van der Waals surface area contributed by atoms with Gasteiger partial charge in [-0.05, 0) is 95.5 Å². The van der Waals surface area contributed by atoms with Crippen LogP contribution in [0.25, 0.3) is 117 Å². The van der Waals surface area contributed by atoms with Gasteiger partial charge < -0.3 is 8.98 Å². The molecule has 0 N–H and O–H groups in total. The van der Waals surface area contributed by atoms with E-state index in [4.69, 9.17) is 19.4 Å². The third-order valence-corrected chi connectivity index (χ3v) is 13.6. The summed E-state index contributed by atoms with van der Waals surface area (Å²) in [6.07, 6.45) is 3.26. The lowest BCUT2D eigenvalue weighted by Gasteiger charge is -2.16. The van der Waals surface area contributed by atoms with Crippen molar-refractivity contribution in [2.24, 2.45) is 0 Å². The van der Waals surface area contributed by atoms with Crippen LogP contribution in [-0.4, -0.2) is 19.5 Å². The van der Waals surface area contributed by atoms with Gasteiger partial charge in [-0.15, -0.1) is 0 Å². The fourth-order valence-corrected chi connectivity index (χ4v) is 10.5. The zero-order chi connectivity index (χ0) is 48.6. The zero-order valence-electron chi connectivity index (χ0n) is 41.0. The van der Waals surface area contributed by atoms with Crippen LogP contribution < -0.4 is 0 Å². The van der Waals surface area contributed by atoms with Crippen molar-refractivity contribution in [3.8, 4) is 51.0 Å². The van der Waals surface area contributed by atoms with Crippen LogP contribution in [0.4, 0.5) is 0 Å². The Labute approximate surface area is 415 Å². The molecule has 12 aromatic rings. The monoisotopic (exact) mass is 918 g/mol. The van der Waals surface area contributed by atoms with E-state index in [0.29, 0.717) is 17.5 Å². The zero-order valence-corrected chi connectivity index (χ0v) is 41.0. The normalized spacial score (nSPS) is 12.3. The second-order valence-electron chi connectivity index (χ2n) is 17.5. The molecule has 1 aliphatic carbocycles. The molecular weight excluding hydrogens is 865 g/mol. The molecule has 0 saturated carbocycles. The lowest BCUT2D eigenvalue weighted by atomic mass is 9.90. The fourth-order valence-electron chi connectivity index (χ4n) is 10.5. The number of aromatic nitrogens is 4. The van der Waals surface area contributed by atoms with Crippen molar-refractivity contribution in [2.45, 2.75) is 48.0 Å². The maximum Gasteiger partial charge on any atom is 0.164 e. The van der Waals surface area contributed by atoms with E-state index in [9.17, 15) is 0 Å². The van der Waals surface area contributed by atoms with Crippen molar-refractivity contribution in [2.75, 3.05) is 0 Å². The highest BCUT2D eigenvalue weighted by Gasteiger charge is 2.24. The number of furan rings is 1. The number of para-hydroxylation sites is 2. The summed E-state index contributed by atoms with van der Waals surface area (Å²) in [5.41, 5.74) is 17.9. The highest BCUT2D eigenvalue weighted by molar-refractivity contribution is 6.21. The van der Waals surface area contributed by atoms with E-state index in [1.807, 2.05) is 82.3 Å². The average molecular weight is 919 g/mol. The molecule has 3 aromatic heterocycles. The van der Waals surface area contributed by atoms with Crippen molar-refractivity contribution in [1.29, 1.82) is 0 Å². The third-order valence-electron chi connectivity index (χ3n) is 13.6. The first-order valence-corrected chi connectivity index (χ1v) is 24.9. The Kier molecular flexibility index (Phi) is 12.0. The molecule has 0 unspecified atom stereocenters. The SMILES string of the molecule is C/C=C(\C1=C(C)Cc2ccccc21)c1cccc(-c2cccc3c4ccc5ccccc5c4n(-c4cccc(-c5nc(-c6ccccc6)nc(-c6ccc7c(c6)oc6ccccc67)n5)c4)c23)c1.CC.CC. The largest absolute Gasteiger partial charge is 0.456 e. The van der Waals surface area contributed by atoms with Gasteiger partial charge in [0.1, 0.15) is 11.2 Å². The molecule has 0 aliphatic heterocycles. The maximum atomic E-state index is 6.33. The molecule has 0 spiro atoms. The molecule has 1 aliphatic rings. The topological polar surface area (TPSA) is 56.7 Å². The molecule has 0 bridgehead atoms. The minimum Gasteiger partial charge on any atom is -0.456 e. The van der Waals surface area contributed by atoms with Gasteiger partial charge in [-0.25, -0.2) is 15.0 Å². The standard InChI is InChI=1S/C62H42N4O.2C2H6/c1-3-47(57-38(2)34-41-19-8-9-24-48(41)57)42-20-13-21-43(35-42)50-27-15-28-53-54-33-30-39-16-7-10-25-49(39)58(54)66(59(50)53)46-23-14-22-44(36-46)61-63-60(40-17-5-4-6-18-40)64-62(65-61)45-31-32-52-51-26-11-12-29-55(51)67-56(52)37-45;2*1-2/h3-33,35-37H,34H2,1-2H3;2*1-2H3/b47-3-;;. The van der Waals surface area contributed by atoms with Gasteiger partial charge in [-0.3, -0.25) is 0 Å². The van der Waals surface area contributed by atoms with E-state index in [-0.39, 0.29) is 0 Å². The number of fused-ring (bicyclic) bond motifs is 9. The molecule has 0 fully saturated rings. The van der Waals surface area contributed by atoms with Crippen LogP contribution in [0.2, 0.25) is 0 Å². The molecule has 13 rings (SSSR count). The Bertz CT molecular complexity index is 4040. The Morgan fingerprint density at radius 1 is 0.465 bits per heavy atom. The number of hydrogen-bond donors (Lipinski definition) is 0. The minimum absolute atomic E-state index is 0.578. The summed E-state index contributed by atoms with van der Waals surface area (Å²) in [5.74, 6) is 1.77. The Balaban J connectivity index is 0.00000134. The van der Waals surface area contributed by atoms with Crippen LogP contribution in [0, 0.1) is 0 Å². The first-order valence-electron chi connectivity index (χ1n) is 24.9. The van der Waals surface area contributed by atoms with E-state index >= 15 is 0 Å². The van der Waals surface area contributed by atoms with Crippen molar-refractivity contribution in [3.05, 3.63) is 229 Å². The van der Waals surface area contributed by atoms with Crippen molar-refractivity contribution in [3.63, 3.8) is 0 Å². The molecule has 0 atom stereocenters. The lowest BCUT2D eigenvalue weighted by molar-refractivity contribution is 0.669. The molecule has 5 heteroatoms. The smallest absolute Gasteiger partial charge is 0.164 e. The van der Waals surface area contributed by atoms with Crippen LogP contribution in [0.3, 0.4) is 0 Å². The quantitative estimate of drug-likeness (QED) is 0.160. The first kappa shape index (κ1) is 44.8. The molecule has 3 heterocycles. The molecule has 71 heavy (non-hydrogen) atoms. The summed E-state index contributed by atoms with van der Waals surface area (Å²) >= 11 is 0. The van der Waals surface area contributed by atoms with Crippen molar-refractivity contribution >= 4 is 65.7 Å². The van der Waals surface area contributed by atoms with Crippen LogP contribution in [-0.2, 0) is 6.42 Å². The predicted molar refractivity (Wildman–Crippen MR) is 300 cm³/mol. The van der Waals surface area contributed by atoms with Gasteiger partial charge in [0.15, 0.2) is 17.5 Å². The minimum atomic E-state index is 0.578. The van der Waals surface area contributed by atoms with E-state index in [1.165, 1.54) is 55.0 Å². The molecule has 0 amide bonds. The van der Waals surface area contributed by atoms with Gasteiger partial charge in [0, 0.05) is 54.9 Å². The molecule has 9 aromatic carbocycles. The van der Waals surface area contributed by atoms with Crippen LogP contribution in [0.5, 0.6) is 0 Å². The molecule has 5 nitrogen and oxygen atoms in total. The van der Waals surface area contributed by atoms with Gasteiger partial charge >= 0.3 is 0 Å². The fraction of sp³-hybridized carbons (Fsp3) is 0.106. The van der Waals surface area contributed by atoms with Gasteiger partial charge in [0.05, 0.1) is 11.0 Å². The number of allylic oxidation sites excluding steroid dienone is 4. The summed E-state index contributed by atoms with van der Waals surface area (Å²) < 4.78 is 8.79. The summed E-state index contributed by atoms with van der Waals surface area (Å²) in [4.78, 5) is 15.5. The van der Waals surface area contributed by atoms with E-state index in [0.717, 1.165) is 72.9 Å². The lowest BCUT2D eigenvalue weighted by Crippen LogP contribution is -2.01. The Hall–Kier alpha value is -8.67. The van der Waals surface area contributed by atoms with E-state index < -0.39 is 0 Å². The Morgan fingerprint density at radius 2 is 1.06 bits per heavy atom. The first-order chi connectivity index (χ1) is 35.1. The van der Waals surface area contributed by atoms with E-state index in [2.05, 4.69) is 170 Å².